The Bertz CT molecular complexity index is 1480. The van der Waals surface area contributed by atoms with Gasteiger partial charge in [-0.2, -0.15) is 0 Å². The Hall–Kier alpha value is -4.25. The van der Waals surface area contributed by atoms with Gasteiger partial charge in [0, 0.05) is 30.4 Å². The number of esters is 1. The van der Waals surface area contributed by atoms with Crippen LogP contribution in [0.15, 0.2) is 62.7 Å². The number of nitrogens with one attached hydrogen (secondary N) is 2. The number of H-pyrrole nitrogens is 1. The fourth-order valence-electron chi connectivity index (χ4n) is 3.67. The topological polar surface area (TPSA) is 144 Å². The number of hydrogen-bond acceptors (Lipinski definition) is 8. The monoisotopic (exact) mass is 578 g/mol. The van der Waals surface area contributed by atoms with Gasteiger partial charge >= 0.3 is 21.9 Å². The number of carbonyl (C=O) groups is 3. The number of nitrogens with zero attached hydrogens (tertiary/aromatic N) is 2. The number of rotatable bonds is 7. The smallest absolute Gasteiger partial charge is 0.439 e. The Morgan fingerprint density at radius 1 is 1.08 bits per heavy atom. The van der Waals surface area contributed by atoms with Gasteiger partial charge in [-0.1, -0.05) is 24.6 Å². The van der Waals surface area contributed by atoms with Gasteiger partial charge in [0.15, 0.2) is 11.9 Å². The normalized spacial score (nSPS) is 18.6. The molecule has 3 aromatic rings. The average molecular weight is 578 g/mol. The number of halogens is 5. The first-order valence-corrected chi connectivity index (χ1v) is 12.9. The van der Waals surface area contributed by atoms with Crippen LogP contribution in [-0.2, 0) is 23.9 Å². The molecule has 1 aromatic heterocycles. The highest BCUT2D eigenvalue weighted by atomic mass is 32.5. The molecule has 2 N–H and O–H groups in total. The van der Waals surface area contributed by atoms with Crippen molar-refractivity contribution < 1.29 is 47.8 Å². The van der Waals surface area contributed by atoms with E-state index in [0.717, 1.165) is 11.8 Å². The second kappa shape index (κ2) is 9.19. The molecule has 39 heavy (non-hydrogen) atoms. The summed E-state index contributed by atoms with van der Waals surface area (Å²) in [6.45, 7) is 0.595. The van der Waals surface area contributed by atoms with Crippen LogP contribution in [0.1, 0.15) is 6.92 Å². The number of aromatic amines is 1. The first kappa shape index (κ1) is 27.8. The number of amides is 2. The van der Waals surface area contributed by atoms with E-state index in [-0.39, 0.29) is 42.5 Å². The zero-order valence-electron chi connectivity index (χ0n) is 19.7. The maximum absolute atomic E-state index is 13.1. The Morgan fingerprint density at radius 2 is 1.72 bits per heavy atom. The summed E-state index contributed by atoms with van der Waals surface area (Å²) in [4.78, 5) is 50.1. The number of ether oxygens (including phenoxy) is 2. The molecule has 2 amide bonds. The number of morpholine rings is 1. The van der Waals surface area contributed by atoms with Crippen molar-refractivity contribution in [1.29, 1.82) is 0 Å². The van der Waals surface area contributed by atoms with Crippen molar-refractivity contribution in [2.45, 2.75) is 24.0 Å². The minimum Gasteiger partial charge on any atom is -0.449 e. The van der Waals surface area contributed by atoms with Gasteiger partial charge in [-0.25, -0.2) is 4.79 Å². The Kier molecular flexibility index (Phi) is 6.55. The van der Waals surface area contributed by atoms with Gasteiger partial charge in [0.25, 0.3) is 11.8 Å². The second-order valence-electron chi connectivity index (χ2n) is 8.28. The lowest BCUT2D eigenvalue weighted by Crippen LogP contribution is -2.56. The van der Waals surface area contributed by atoms with Crippen molar-refractivity contribution in [3.05, 3.63) is 59.1 Å². The van der Waals surface area contributed by atoms with Crippen molar-refractivity contribution in [3.63, 3.8) is 0 Å². The number of anilines is 2. The molecule has 17 heteroatoms. The molecule has 0 aliphatic carbocycles. The SMILES string of the molecule is CC(=O)O[C@@H](C(=O)Nc1ccc(-c2noc(=O)[nH]2)cc1)[C@H]1OCCN(c2ccc(S(F)(F)(F)(F)F)cc2)C1=O. The van der Waals surface area contributed by atoms with Crippen LogP contribution in [0.5, 0.6) is 0 Å². The van der Waals surface area contributed by atoms with Gasteiger partial charge in [0.2, 0.25) is 6.10 Å². The van der Waals surface area contributed by atoms with Gasteiger partial charge in [-0.3, -0.25) is 23.9 Å². The van der Waals surface area contributed by atoms with Crippen molar-refractivity contribution in [3.8, 4) is 11.4 Å². The molecule has 2 aromatic carbocycles. The van der Waals surface area contributed by atoms with E-state index in [1.54, 1.807) is 0 Å². The molecular formula is C22H19F5N4O7S. The summed E-state index contributed by atoms with van der Waals surface area (Å²) >= 11 is 0. The summed E-state index contributed by atoms with van der Waals surface area (Å²) in [7, 11) is -9.92. The second-order valence-corrected chi connectivity index (χ2v) is 10.7. The van der Waals surface area contributed by atoms with E-state index in [1.165, 1.54) is 24.3 Å². The third kappa shape index (κ3) is 6.43. The Labute approximate surface area is 215 Å². The molecule has 2 atom stereocenters. The zero-order valence-corrected chi connectivity index (χ0v) is 20.6. The maximum Gasteiger partial charge on any atom is 0.439 e. The molecule has 2 heterocycles. The molecule has 0 radical (unpaired) electrons. The third-order valence-corrected chi connectivity index (χ3v) is 6.57. The van der Waals surface area contributed by atoms with Crippen LogP contribution >= 0.6 is 10.2 Å². The summed E-state index contributed by atoms with van der Waals surface area (Å²) in [6.07, 6.45) is -3.51. The molecule has 0 spiro atoms. The number of hydrogen-bond donors (Lipinski definition) is 2. The van der Waals surface area contributed by atoms with Gasteiger partial charge in [-0.15, -0.1) is 0 Å². The maximum atomic E-state index is 13.1. The van der Waals surface area contributed by atoms with E-state index in [4.69, 9.17) is 9.47 Å². The quantitative estimate of drug-likeness (QED) is 0.317. The zero-order chi connectivity index (χ0) is 28.7. The molecule has 210 valence electrons. The average Bonchev–Trinajstić information content (AvgIpc) is 3.28. The number of benzene rings is 2. The predicted octanol–water partition coefficient (Wildman–Crippen LogP) is 3.99. The van der Waals surface area contributed by atoms with E-state index in [2.05, 4.69) is 20.0 Å². The third-order valence-electron chi connectivity index (χ3n) is 5.41. The molecule has 1 aliphatic heterocycles. The molecule has 1 aliphatic rings. The van der Waals surface area contributed by atoms with Crippen molar-refractivity contribution in [2.75, 3.05) is 23.4 Å². The van der Waals surface area contributed by atoms with Crippen LogP contribution in [-0.4, -0.2) is 53.3 Å². The summed E-state index contributed by atoms with van der Waals surface area (Å²) in [5.41, 5.74) is 0.466. The van der Waals surface area contributed by atoms with Crippen LogP contribution < -0.4 is 16.0 Å². The highest BCUT2D eigenvalue weighted by Crippen LogP contribution is 3.02. The molecule has 1 saturated heterocycles. The molecule has 0 saturated carbocycles. The molecule has 0 bridgehead atoms. The highest BCUT2D eigenvalue weighted by molar-refractivity contribution is 8.45. The molecule has 4 rings (SSSR count). The summed E-state index contributed by atoms with van der Waals surface area (Å²) < 4.78 is 80.1. The lowest BCUT2D eigenvalue weighted by Gasteiger charge is -2.41. The predicted molar refractivity (Wildman–Crippen MR) is 127 cm³/mol. The van der Waals surface area contributed by atoms with E-state index < -0.39 is 50.9 Å². The highest BCUT2D eigenvalue weighted by Gasteiger charge is 2.65. The minimum absolute atomic E-state index is 0.130. The summed E-state index contributed by atoms with van der Waals surface area (Å²) in [5.74, 6) is -3.49. The van der Waals surface area contributed by atoms with E-state index >= 15 is 0 Å². The van der Waals surface area contributed by atoms with Crippen LogP contribution in [0.25, 0.3) is 11.4 Å². The Morgan fingerprint density at radius 3 is 2.26 bits per heavy atom. The van der Waals surface area contributed by atoms with Crippen molar-refractivity contribution >= 4 is 39.4 Å². The van der Waals surface area contributed by atoms with Gasteiger partial charge in [-0.05, 0) is 48.5 Å². The van der Waals surface area contributed by atoms with E-state index in [0.29, 0.717) is 17.7 Å². The molecule has 1 fully saturated rings. The first-order chi connectivity index (χ1) is 18.0. The summed E-state index contributed by atoms with van der Waals surface area (Å²) in [5, 5.41) is 5.97. The van der Waals surface area contributed by atoms with Crippen LogP contribution in [0.3, 0.4) is 0 Å². The first-order valence-electron chi connectivity index (χ1n) is 10.9. The van der Waals surface area contributed by atoms with Crippen LogP contribution in [0.4, 0.5) is 30.8 Å². The molecular weight excluding hydrogens is 559 g/mol. The molecule has 11 nitrogen and oxygen atoms in total. The fourth-order valence-corrected chi connectivity index (χ4v) is 4.32. The molecule has 0 unspecified atom stereocenters. The summed E-state index contributed by atoms with van der Waals surface area (Å²) in [6, 6.07) is 7.49. The number of carbonyl (C=O) groups excluding carboxylic acids is 3. The lowest BCUT2D eigenvalue weighted by atomic mass is 10.1. The largest absolute Gasteiger partial charge is 0.449 e. The lowest BCUT2D eigenvalue weighted by molar-refractivity contribution is -0.167. The van der Waals surface area contributed by atoms with Crippen LogP contribution in [0.2, 0.25) is 0 Å². The van der Waals surface area contributed by atoms with Gasteiger partial charge in [0.1, 0.15) is 4.90 Å². The van der Waals surface area contributed by atoms with E-state index in [9.17, 15) is 38.6 Å². The van der Waals surface area contributed by atoms with Crippen molar-refractivity contribution in [1.82, 2.24) is 10.1 Å². The van der Waals surface area contributed by atoms with E-state index in [1.807, 2.05) is 0 Å². The minimum atomic E-state index is -9.92. The standard InChI is InChI=1S/C22H19F5N4O7S/c1-12(32)37-17(20(33)28-14-4-2-13(3-5-14)19-29-22(35)38-30-19)18-21(34)31(10-11-36-18)15-6-8-16(9-7-15)39(23,24,25,26)27/h2-9,17-18H,10-11H2,1H3,(H,28,33)(H,29,30,35)/t17-,18-/m1/s1. The van der Waals surface area contributed by atoms with Crippen molar-refractivity contribution in [2.24, 2.45) is 0 Å². The number of aromatic nitrogens is 2. The Balaban J connectivity index is 1.53. The van der Waals surface area contributed by atoms with Crippen LogP contribution in [0, 0.1) is 0 Å². The fraction of sp³-hybridized carbons (Fsp3) is 0.227. The van der Waals surface area contributed by atoms with Gasteiger partial charge < -0.3 is 19.7 Å². The van der Waals surface area contributed by atoms with Gasteiger partial charge in [0.05, 0.1) is 6.61 Å².